The third-order valence-electron chi connectivity index (χ3n) is 5.72. The number of nitrogens with zero attached hydrogens (tertiary/aromatic N) is 4. The van der Waals surface area contributed by atoms with Crippen LogP contribution in [0, 0.1) is 12.7 Å². The molecule has 7 heteroatoms. The van der Waals surface area contributed by atoms with Crippen molar-refractivity contribution in [2.75, 3.05) is 0 Å². The van der Waals surface area contributed by atoms with Crippen LogP contribution >= 0.6 is 0 Å². The number of aryl methyl sites for hydroxylation is 5. The molecule has 0 unspecified atom stereocenters. The summed E-state index contributed by atoms with van der Waals surface area (Å²) in [5, 5.41) is 18.2. The fraction of sp³-hybridized carbons (Fsp3) is 0.259. The molecule has 174 valence electrons. The van der Waals surface area contributed by atoms with Gasteiger partial charge in [-0.15, -0.1) is 10.2 Å². The summed E-state index contributed by atoms with van der Waals surface area (Å²) in [6.07, 6.45) is 3.69. The first-order valence-electron chi connectivity index (χ1n) is 11.4. The van der Waals surface area contributed by atoms with E-state index in [9.17, 15) is 14.3 Å². The topological polar surface area (TPSA) is 80.9 Å². The average molecular weight is 459 g/mol. The van der Waals surface area contributed by atoms with Crippen LogP contribution in [0.3, 0.4) is 0 Å². The highest BCUT2D eigenvalue weighted by Gasteiger charge is 2.14. The second-order valence-electron chi connectivity index (χ2n) is 8.38. The second-order valence-corrected chi connectivity index (χ2v) is 8.38. The van der Waals surface area contributed by atoms with Crippen molar-refractivity contribution >= 4 is 5.97 Å². The van der Waals surface area contributed by atoms with E-state index in [0.717, 1.165) is 42.2 Å². The van der Waals surface area contributed by atoms with E-state index in [-0.39, 0.29) is 11.4 Å². The normalized spacial score (nSPS) is 11.0. The molecule has 0 bridgehead atoms. The van der Waals surface area contributed by atoms with Gasteiger partial charge in [-0.3, -0.25) is 4.98 Å². The standard InChI is InChI=1S/C27H27FN4O2/c1-19-16-22(27(33)34)17-24(29-19)8-5-9-25-30-31-26(15-12-20-6-3-2-4-7-20)32(25)18-21-10-13-23(28)14-11-21/h2-4,6-7,10-11,13-14,16-17H,5,8-9,12,15,18H2,1H3,(H,33,34). The van der Waals surface area contributed by atoms with Gasteiger partial charge in [0, 0.05) is 24.2 Å². The number of aromatic carboxylic acids is 1. The molecule has 0 aliphatic heterocycles. The molecule has 0 atom stereocenters. The number of pyridine rings is 1. The molecule has 2 aromatic carbocycles. The third kappa shape index (κ3) is 6.13. The Morgan fingerprint density at radius 1 is 0.882 bits per heavy atom. The molecule has 0 fully saturated rings. The summed E-state index contributed by atoms with van der Waals surface area (Å²) in [6, 6.07) is 19.9. The summed E-state index contributed by atoms with van der Waals surface area (Å²) < 4.78 is 15.5. The van der Waals surface area contributed by atoms with Gasteiger partial charge in [0.2, 0.25) is 0 Å². The highest BCUT2D eigenvalue weighted by molar-refractivity contribution is 5.87. The number of carbonyl (C=O) groups is 1. The number of hydrogen-bond acceptors (Lipinski definition) is 4. The van der Waals surface area contributed by atoms with Crippen LogP contribution in [0.4, 0.5) is 4.39 Å². The van der Waals surface area contributed by atoms with Gasteiger partial charge in [-0.05, 0) is 61.6 Å². The lowest BCUT2D eigenvalue weighted by Gasteiger charge is -2.11. The molecule has 2 heterocycles. The number of benzene rings is 2. The van der Waals surface area contributed by atoms with E-state index >= 15 is 0 Å². The zero-order chi connectivity index (χ0) is 23.9. The maximum absolute atomic E-state index is 13.4. The Hall–Kier alpha value is -3.87. The lowest BCUT2D eigenvalue weighted by atomic mass is 10.1. The van der Waals surface area contributed by atoms with E-state index in [1.54, 1.807) is 31.2 Å². The van der Waals surface area contributed by atoms with Crippen LogP contribution in [0.2, 0.25) is 0 Å². The zero-order valence-corrected chi connectivity index (χ0v) is 19.1. The smallest absolute Gasteiger partial charge is 0.335 e. The van der Waals surface area contributed by atoms with Crippen molar-refractivity contribution in [3.63, 3.8) is 0 Å². The SMILES string of the molecule is Cc1cc(C(=O)O)cc(CCCc2nnc(CCc3ccccc3)n2Cc2ccc(F)cc2)n1. The predicted molar refractivity (Wildman–Crippen MR) is 127 cm³/mol. The van der Waals surface area contributed by atoms with E-state index in [0.29, 0.717) is 25.1 Å². The van der Waals surface area contributed by atoms with E-state index in [1.807, 2.05) is 18.2 Å². The molecule has 0 spiro atoms. The Kier molecular flexibility index (Phi) is 7.42. The number of carboxylic acids is 1. The van der Waals surface area contributed by atoms with Crippen LogP contribution in [0.15, 0.2) is 66.7 Å². The van der Waals surface area contributed by atoms with Crippen molar-refractivity contribution in [1.29, 1.82) is 0 Å². The van der Waals surface area contributed by atoms with Crippen molar-refractivity contribution in [3.8, 4) is 0 Å². The van der Waals surface area contributed by atoms with E-state index in [1.165, 1.54) is 17.7 Å². The van der Waals surface area contributed by atoms with Gasteiger partial charge in [0.25, 0.3) is 0 Å². The second kappa shape index (κ2) is 10.8. The molecule has 34 heavy (non-hydrogen) atoms. The van der Waals surface area contributed by atoms with Crippen molar-refractivity contribution in [3.05, 3.63) is 112 Å². The number of carboxylic acid groups (broad SMARTS) is 1. The van der Waals surface area contributed by atoms with Crippen LogP contribution in [0.25, 0.3) is 0 Å². The van der Waals surface area contributed by atoms with E-state index in [2.05, 4.69) is 31.9 Å². The zero-order valence-electron chi connectivity index (χ0n) is 19.1. The lowest BCUT2D eigenvalue weighted by molar-refractivity contribution is 0.0696. The molecule has 6 nitrogen and oxygen atoms in total. The molecular weight excluding hydrogens is 431 g/mol. The molecule has 0 amide bonds. The molecular formula is C27H27FN4O2. The van der Waals surface area contributed by atoms with Gasteiger partial charge in [0.05, 0.1) is 12.1 Å². The molecule has 0 saturated carbocycles. The van der Waals surface area contributed by atoms with Gasteiger partial charge in [0.1, 0.15) is 17.5 Å². The minimum atomic E-state index is -0.950. The first-order chi connectivity index (χ1) is 16.5. The third-order valence-corrected chi connectivity index (χ3v) is 5.72. The van der Waals surface area contributed by atoms with Crippen LogP contribution in [-0.2, 0) is 32.2 Å². The maximum Gasteiger partial charge on any atom is 0.335 e. The average Bonchev–Trinajstić information content (AvgIpc) is 3.20. The quantitative estimate of drug-likeness (QED) is 0.368. The highest BCUT2D eigenvalue weighted by atomic mass is 19.1. The Morgan fingerprint density at radius 3 is 2.29 bits per heavy atom. The van der Waals surface area contributed by atoms with Gasteiger partial charge in [-0.2, -0.15) is 0 Å². The molecule has 4 aromatic rings. The Bertz CT molecular complexity index is 1250. The van der Waals surface area contributed by atoms with Gasteiger partial charge in [0.15, 0.2) is 0 Å². The minimum Gasteiger partial charge on any atom is -0.478 e. The summed E-state index contributed by atoms with van der Waals surface area (Å²) in [7, 11) is 0. The van der Waals surface area contributed by atoms with E-state index in [4.69, 9.17) is 0 Å². The molecule has 0 saturated heterocycles. The van der Waals surface area contributed by atoms with Gasteiger partial charge in [-0.1, -0.05) is 42.5 Å². The first kappa shape index (κ1) is 23.3. The highest BCUT2D eigenvalue weighted by Crippen LogP contribution is 2.15. The predicted octanol–water partition coefficient (Wildman–Crippen LogP) is 4.83. The lowest BCUT2D eigenvalue weighted by Crippen LogP contribution is -2.11. The Labute approximate surface area is 198 Å². The van der Waals surface area contributed by atoms with Crippen LogP contribution in [0.1, 0.15) is 50.9 Å². The number of rotatable bonds is 10. The van der Waals surface area contributed by atoms with Gasteiger partial charge in [-0.25, -0.2) is 9.18 Å². The number of aromatic nitrogens is 4. The summed E-state index contributed by atoms with van der Waals surface area (Å²) in [5.41, 5.74) is 3.92. The molecule has 0 aliphatic carbocycles. The molecule has 2 aromatic heterocycles. The van der Waals surface area contributed by atoms with E-state index < -0.39 is 5.97 Å². The summed E-state index contributed by atoms with van der Waals surface area (Å²) >= 11 is 0. The first-order valence-corrected chi connectivity index (χ1v) is 11.4. The summed E-state index contributed by atoms with van der Waals surface area (Å²) in [4.78, 5) is 15.8. The van der Waals surface area contributed by atoms with Crippen molar-refractivity contribution in [2.24, 2.45) is 0 Å². The molecule has 0 aliphatic rings. The van der Waals surface area contributed by atoms with Crippen molar-refractivity contribution < 1.29 is 14.3 Å². The van der Waals surface area contributed by atoms with Crippen molar-refractivity contribution in [1.82, 2.24) is 19.7 Å². The van der Waals surface area contributed by atoms with Crippen LogP contribution in [0.5, 0.6) is 0 Å². The monoisotopic (exact) mass is 458 g/mol. The molecule has 0 radical (unpaired) electrons. The van der Waals surface area contributed by atoms with Crippen LogP contribution < -0.4 is 0 Å². The fourth-order valence-corrected chi connectivity index (χ4v) is 4.01. The fourth-order valence-electron chi connectivity index (χ4n) is 4.01. The maximum atomic E-state index is 13.4. The van der Waals surface area contributed by atoms with Gasteiger partial charge >= 0.3 is 5.97 Å². The van der Waals surface area contributed by atoms with Gasteiger partial charge < -0.3 is 9.67 Å². The molecule has 1 N–H and O–H groups in total. The Morgan fingerprint density at radius 2 is 1.59 bits per heavy atom. The van der Waals surface area contributed by atoms with Crippen molar-refractivity contribution in [2.45, 2.75) is 45.6 Å². The minimum absolute atomic E-state index is 0.255. The summed E-state index contributed by atoms with van der Waals surface area (Å²) in [5.74, 6) is 0.542. The van der Waals surface area contributed by atoms with Crippen LogP contribution in [-0.4, -0.2) is 30.8 Å². The summed E-state index contributed by atoms with van der Waals surface area (Å²) in [6.45, 7) is 2.37. The Balaban J connectivity index is 1.49. The number of hydrogen-bond donors (Lipinski definition) is 1. The largest absolute Gasteiger partial charge is 0.478 e. The number of halogens is 1. The molecule has 4 rings (SSSR count).